The average molecular weight is 180 g/mol. The van der Waals surface area contributed by atoms with Crippen molar-refractivity contribution < 1.29 is 10.2 Å². The monoisotopic (exact) mass is 180 g/mol. The zero-order valence-corrected chi connectivity index (χ0v) is 7.63. The maximum absolute atomic E-state index is 10.1. The van der Waals surface area contributed by atoms with Gasteiger partial charge in [-0.05, 0) is 48.9 Å². The molecule has 72 valence electrons. The van der Waals surface area contributed by atoms with Gasteiger partial charge in [-0.15, -0.1) is 0 Å². The standard InChI is InChI=1S/C11H16O2/c12-10-7-4-1-5-3-6(2-4)9(10)11(13)8(5)7/h4-13H,1-3H2. The van der Waals surface area contributed by atoms with Gasteiger partial charge in [0.1, 0.15) is 0 Å². The maximum atomic E-state index is 10.1. The van der Waals surface area contributed by atoms with E-state index in [1.807, 2.05) is 0 Å². The number of rotatable bonds is 0. The van der Waals surface area contributed by atoms with Crippen LogP contribution >= 0.6 is 0 Å². The van der Waals surface area contributed by atoms with E-state index in [0.717, 1.165) is 11.8 Å². The molecule has 0 heterocycles. The highest BCUT2D eigenvalue weighted by Crippen LogP contribution is 2.67. The van der Waals surface area contributed by atoms with Crippen molar-refractivity contribution in [3.05, 3.63) is 0 Å². The third-order valence-electron chi connectivity index (χ3n) is 5.47. The first-order valence-electron chi connectivity index (χ1n) is 5.63. The summed E-state index contributed by atoms with van der Waals surface area (Å²) >= 11 is 0. The van der Waals surface area contributed by atoms with Gasteiger partial charge in [0.2, 0.25) is 0 Å². The van der Waals surface area contributed by atoms with Crippen molar-refractivity contribution in [3.8, 4) is 0 Å². The lowest BCUT2D eigenvalue weighted by molar-refractivity contribution is -0.0621. The predicted octanol–water partition coefficient (Wildman–Crippen LogP) is 0.630. The Labute approximate surface area is 78.0 Å². The van der Waals surface area contributed by atoms with Crippen LogP contribution in [0.2, 0.25) is 0 Å². The SMILES string of the molecule is OC1C2C3CC4CC(C3)C(C2O)C41. The quantitative estimate of drug-likeness (QED) is 0.574. The van der Waals surface area contributed by atoms with Crippen molar-refractivity contribution in [1.82, 2.24) is 0 Å². The minimum absolute atomic E-state index is 0.156. The van der Waals surface area contributed by atoms with Gasteiger partial charge in [0.15, 0.2) is 0 Å². The van der Waals surface area contributed by atoms with Gasteiger partial charge in [0.25, 0.3) is 0 Å². The highest BCUT2D eigenvalue weighted by Gasteiger charge is 2.67. The summed E-state index contributed by atoms with van der Waals surface area (Å²) in [7, 11) is 0. The smallest absolute Gasteiger partial charge is 0.0630 e. The van der Waals surface area contributed by atoms with Crippen LogP contribution in [-0.4, -0.2) is 22.4 Å². The van der Waals surface area contributed by atoms with E-state index in [2.05, 4.69) is 0 Å². The summed E-state index contributed by atoms with van der Waals surface area (Å²) in [6.45, 7) is 0. The minimum Gasteiger partial charge on any atom is -0.392 e. The number of hydrogen-bond acceptors (Lipinski definition) is 2. The Kier molecular flexibility index (Phi) is 1.09. The predicted molar refractivity (Wildman–Crippen MR) is 46.8 cm³/mol. The summed E-state index contributed by atoms with van der Waals surface area (Å²) in [5.41, 5.74) is 0. The Morgan fingerprint density at radius 3 is 1.46 bits per heavy atom. The molecule has 0 amide bonds. The Bertz CT molecular complexity index is 238. The fourth-order valence-corrected chi connectivity index (χ4v) is 5.31. The molecule has 6 bridgehead atoms. The van der Waals surface area contributed by atoms with Gasteiger partial charge in [-0.1, -0.05) is 0 Å². The third kappa shape index (κ3) is 0.608. The summed E-state index contributed by atoms with van der Waals surface area (Å²) < 4.78 is 0. The minimum atomic E-state index is -0.156. The summed E-state index contributed by atoms with van der Waals surface area (Å²) in [6, 6.07) is 0. The number of aliphatic hydroxyl groups excluding tert-OH is 2. The van der Waals surface area contributed by atoms with Gasteiger partial charge in [-0.3, -0.25) is 0 Å². The molecule has 5 rings (SSSR count). The molecule has 6 unspecified atom stereocenters. The fraction of sp³-hybridized carbons (Fsp3) is 1.00. The lowest BCUT2D eigenvalue weighted by Crippen LogP contribution is -2.44. The normalized spacial score (nSPS) is 72.5. The van der Waals surface area contributed by atoms with E-state index in [4.69, 9.17) is 0 Å². The van der Waals surface area contributed by atoms with Crippen molar-refractivity contribution in [3.63, 3.8) is 0 Å². The van der Waals surface area contributed by atoms with Crippen LogP contribution in [0.25, 0.3) is 0 Å². The van der Waals surface area contributed by atoms with Gasteiger partial charge >= 0.3 is 0 Å². The molecule has 0 aromatic rings. The molecule has 5 fully saturated rings. The van der Waals surface area contributed by atoms with E-state index < -0.39 is 0 Å². The molecule has 5 aliphatic carbocycles. The lowest BCUT2D eigenvalue weighted by atomic mass is 9.64. The zero-order valence-electron chi connectivity index (χ0n) is 7.63. The summed E-state index contributed by atoms with van der Waals surface area (Å²) in [5.74, 6) is 3.38. The topological polar surface area (TPSA) is 40.5 Å². The zero-order chi connectivity index (χ0) is 8.74. The number of hydrogen-bond donors (Lipinski definition) is 2. The van der Waals surface area contributed by atoms with Crippen LogP contribution < -0.4 is 0 Å². The van der Waals surface area contributed by atoms with E-state index in [-0.39, 0.29) is 18.1 Å². The van der Waals surface area contributed by atoms with E-state index in [9.17, 15) is 10.2 Å². The van der Waals surface area contributed by atoms with Gasteiger partial charge in [-0.2, -0.15) is 0 Å². The summed E-state index contributed by atoms with van der Waals surface area (Å²) in [5, 5.41) is 20.2. The number of aliphatic hydroxyl groups is 2. The molecule has 5 aliphatic rings. The van der Waals surface area contributed by atoms with Gasteiger partial charge in [0.05, 0.1) is 12.2 Å². The Hall–Kier alpha value is -0.0800. The highest BCUT2D eigenvalue weighted by atomic mass is 16.3. The molecule has 6 atom stereocenters. The Morgan fingerprint density at radius 2 is 1.00 bits per heavy atom. The van der Waals surface area contributed by atoms with E-state index in [1.54, 1.807) is 0 Å². The summed E-state index contributed by atoms with van der Waals surface area (Å²) in [4.78, 5) is 0. The maximum Gasteiger partial charge on any atom is 0.0630 e. The second-order valence-electron chi connectivity index (χ2n) is 5.70. The first kappa shape index (κ1) is 7.24. The molecular weight excluding hydrogens is 164 g/mol. The van der Waals surface area contributed by atoms with Crippen LogP contribution in [0.15, 0.2) is 0 Å². The van der Waals surface area contributed by atoms with Crippen LogP contribution in [0.5, 0.6) is 0 Å². The largest absolute Gasteiger partial charge is 0.392 e. The van der Waals surface area contributed by atoms with Gasteiger partial charge < -0.3 is 10.2 Å². The van der Waals surface area contributed by atoms with Crippen LogP contribution in [0.3, 0.4) is 0 Å². The molecule has 0 saturated heterocycles. The molecule has 5 saturated carbocycles. The molecule has 2 N–H and O–H groups in total. The van der Waals surface area contributed by atoms with Crippen molar-refractivity contribution in [1.29, 1.82) is 0 Å². The fourth-order valence-electron chi connectivity index (χ4n) is 5.31. The Morgan fingerprint density at radius 1 is 0.615 bits per heavy atom. The van der Waals surface area contributed by atoms with Gasteiger partial charge in [-0.25, -0.2) is 0 Å². The first-order chi connectivity index (χ1) is 6.27. The first-order valence-corrected chi connectivity index (χ1v) is 5.63. The van der Waals surface area contributed by atoms with E-state index >= 15 is 0 Å². The molecule has 0 radical (unpaired) electrons. The second-order valence-corrected chi connectivity index (χ2v) is 5.70. The highest BCUT2D eigenvalue weighted by molar-refractivity contribution is 5.16. The average Bonchev–Trinajstić information content (AvgIpc) is 2.43. The van der Waals surface area contributed by atoms with Crippen molar-refractivity contribution in [2.45, 2.75) is 31.5 Å². The Balaban J connectivity index is 1.90. The van der Waals surface area contributed by atoms with Gasteiger partial charge in [0, 0.05) is 5.92 Å². The molecule has 0 aromatic heterocycles. The molecule has 13 heavy (non-hydrogen) atoms. The molecular formula is C11H16O2. The van der Waals surface area contributed by atoms with E-state index in [1.165, 1.54) is 19.3 Å². The van der Waals surface area contributed by atoms with Crippen LogP contribution in [-0.2, 0) is 0 Å². The summed E-state index contributed by atoms with van der Waals surface area (Å²) in [6.07, 6.45) is 3.59. The molecule has 2 nitrogen and oxygen atoms in total. The van der Waals surface area contributed by atoms with E-state index in [0.29, 0.717) is 17.8 Å². The second kappa shape index (κ2) is 1.96. The van der Waals surface area contributed by atoms with Crippen LogP contribution in [0.4, 0.5) is 0 Å². The van der Waals surface area contributed by atoms with Crippen molar-refractivity contribution in [2.24, 2.45) is 35.5 Å². The molecule has 2 heteroatoms. The van der Waals surface area contributed by atoms with Crippen LogP contribution in [0.1, 0.15) is 19.3 Å². The third-order valence-corrected chi connectivity index (χ3v) is 5.47. The molecule has 0 aromatic carbocycles. The van der Waals surface area contributed by atoms with Crippen molar-refractivity contribution >= 4 is 0 Å². The molecule has 0 spiro atoms. The molecule has 0 aliphatic heterocycles. The lowest BCUT2D eigenvalue weighted by Gasteiger charge is -2.44. The van der Waals surface area contributed by atoms with Crippen LogP contribution in [0, 0.1) is 35.5 Å². The van der Waals surface area contributed by atoms with Crippen molar-refractivity contribution in [2.75, 3.05) is 0 Å².